The topological polar surface area (TPSA) is 58.4 Å². The third-order valence-corrected chi connectivity index (χ3v) is 3.87. The lowest BCUT2D eigenvalue weighted by atomic mass is 9.88. The quantitative estimate of drug-likeness (QED) is 0.774. The number of hydrogen-bond acceptors (Lipinski definition) is 3. The predicted molar refractivity (Wildman–Crippen MR) is 90.6 cm³/mol. The van der Waals surface area contributed by atoms with E-state index in [1.165, 1.54) is 0 Å². The molecule has 21 heavy (non-hydrogen) atoms. The van der Waals surface area contributed by atoms with Crippen LogP contribution in [0.15, 0.2) is 24.3 Å². The van der Waals surface area contributed by atoms with Crippen LogP contribution in [0.4, 0.5) is 11.4 Å². The molecule has 4 heteroatoms. The summed E-state index contributed by atoms with van der Waals surface area (Å²) in [6.07, 6.45) is 2.43. The van der Waals surface area contributed by atoms with E-state index < -0.39 is 0 Å². The van der Waals surface area contributed by atoms with Gasteiger partial charge in [-0.15, -0.1) is 0 Å². The summed E-state index contributed by atoms with van der Waals surface area (Å²) in [7, 11) is 3.97. The van der Waals surface area contributed by atoms with E-state index in [0.717, 1.165) is 24.2 Å². The fraction of sp³-hybridized carbons (Fsp3) is 0.588. The SMILES string of the molecule is CC(C)C(CCN)CCC(=O)Nc1cccc(N(C)C)c1. The van der Waals surface area contributed by atoms with Crippen molar-refractivity contribution in [3.05, 3.63) is 24.3 Å². The summed E-state index contributed by atoms with van der Waals surface area (Å²) in [6, 6.07) is 7.88. The van der Waals surface area contributed by atoms with Crippen LogP contribution in [0, 0.1) is 11.8 Å². The van der Waals surface area contributed by atoms with Gasteiger partial charge in [-0.25, -0.2) is 0 Å². The van der Waals surface area contributed by atoms with Gasteiger partial charge in [0.2, 0.25) is 5.91 Å². The van der Waals surface area contributed by atoms with Gasteiger partial charge in [0, 0.05) is 31.9 Å². The molecule has 0 saturated carbocycles. The molecule has 0 spiro atoms. The Bertz CT molecular complexity index is 443. The van der Waals surface area contributed by atoms with Crippen LogP contribution < -0.4 is 16.0 Å². The lowest BCUT2D eigenvalue weighted by molar-refractivity contribution is -0.116. The number of carbonyl (C=O) groups is 1. The van der Waals surface area contributed by atoms with Crippen molar-refractivity contribution in [1.29, 1.82) is 0 Å². The molecule has 1 rings (SSSR count). The largest absolute Gasteiger partial charge is 0.378 e. The Hall–Kier alpha value is -1.55. The molecule has 1 atom stereocenters. The summed E-state index contributed by atoms with van der Waals surface area (Å²) in [6.45, 7) is 5.08. The number of amides is 1. The minimum atomic E-state index is 0.0774. The molecule has 0 aromatic heterocycles. The van der Waals surface area contributed by atoms with Crippen molar-refractivity contribution >= 4 is 17.3 Å². The molecule has 118 valence electrons. The molecule has 0 saturated heterocycles. The van der Waals surface area contributed by atoms with Crippen LogP contribution in [-0.2, 0) is 4.79 Å². The molecule has 0 aliphatic rings. The van der Waals surface area contributed by atoms with Gasteiger partial charge in [0.1, 0.15) is 0 Å². The highest BCUT2D eigenvalue weighted by atomic mass is 16.1. The summed E-state index contributed by atoms with van der Waals surface area (Å²) in [5, 5.41) is 2.98. The number of hydrogen-bond donors (Lipinski definition) is 2. The fourth-order valence-electron chi connectivity index (χ4n) is 2.43. The van der Waals surface area contributed by atoms with E-state index in [1.54, 1.807) is 0 Å². The summed E-state index contributed by atoms with van der Waals surface area (Å²) in [4.78, 5) is 14.1. The van der Waals surface area contributed by atoms with Crippen LogP contribution in [0.3, 0.4) is 0 Å². The van der Waals surface area contributed by atoms with Crippen LogP contribution >= 0.6 is 0 Å². The number of benzene rings is 1. The maximum Gasteiger partial charge on any atom is 0.224 e. The standard InChI is InChI=1S/C17H29N3O/c1-13(2)14(10-11-18)8-9-17(21)19-15-6-5-7-16(12-15)20(3)4/h5-7,12-14H,8-11,18H2,1-4H3,(H,19,21). The third kappa shape index (κ3) is 6.17. The highest BCUT2D eigenvalue weighted by Crippen LogP contribution is 2.21. The van der Waals surface area contributed by atoms with E-state index in [-0.39, 0.29) is 5.91 Å². The van der Waals surface area contributed by atoms with Crippen LogP contribution in [0.5, 0.6) is 0 Å². The summed E-state index contributed by atoms with van der Waals surface area (Å²) in [5.74, 6) is 1.17. The van der Waals surface area contributed by atoms with E-state index in [0.29, 0.717) is 24.8 Å². The Morgan fingerprint density at radius 2 is 2.00 bits per heavy atom. The maximum atomic E-state index is 12.1. The van der Waals surface area contributed by atoms with E-state index in [4.69, 9.17) is 5.73 Å². The smallest absolute Gasteiger partial charge is 0.224 e. The van der Waals surface area contributed by atoms with Gasteiger partial charge in [0.25, 0.3) is 0 Å². The van der Waals surface area contributed by atoms with E-state index in [9.17, 15) is 4.79 Å². The Morgan fingerprint density at radius 3 is 2.57 bits per heavy atom. The van der Waals surface area contributed by atoms with Crippen molar-refractivity contribution in [2.24, 2.45) is 17.6 Å². The molecule has 1 aromatic rings. The monoisotopic (exact) mass is 291 g/mol. The molecule has 0 bridgehead atoms. The molecule has 0 heterocycles. The van der Waals surface area contributed by atoms with Crippen LogP contribution in [-0.4, -0.2) is 26.5 Å². The Balaban J connectivity index is 2.51. The second-order valence-electron chi connectivity index (χ2n) is 6.11. The zero-order valence-electron chi connectivity index (χ0n) is 13.7. The first kappa shape index (κ1) is 17.5. The van der Waals surface area contributed by atoms with Gasteiger partial charge in [-0.2, -0.15) is 0 Å². The number of nitrogens with one attached hydrogen (secondary N) is 1. The van der Waals surface area contributed by atoms with Crippen molar-refractivity contribution in [2.75, 3.05) is 30.9 Å². The first-order valence-electron chi connectivity index (χ1n) is 7.71. The van der Waals surface area contributed by atoms with E-state index in [1.807, 2.05) is 43.3 Å². The minimum absolute atomic E-state index is 0.0774. The number of nitrogens with zero attached hydrogens (tertiary/aromatic N) is 1. The molecule has 1 aromatic carbocycles. The second kappa shape index (κ2) is 8.67. The molecule has 0 radical (unpaired) electrons. The molecular formula is C17H29N3O. The molecule has 4 nitrogen and oxygen atoms in total. The normalized spacial score (nSPS) is 12.3. The molecule has 0 aliphatic heterocycles. The zero-order valence-corrected chi connectivity index (χ0v) is 13.7. The molecule has 3 N–H and O–H groups in total. The summed E-state index contributed by atoms with van der Waals surface area (Å²) >= 11 is 0. The van der Waals surface area contributed by atoms with Crippen molar-refractivity contribution in [3.63, 3.8) is 0 Å². The summed E-state index contributed by atoms with van der Waals surface area (Å²) < 4.78 is 0. The number of nitrogens with two attached hydrogens (primary N) is 1. The third-order valence-electron chi connectivity index (χ3n) is 3.87. The first-order chi connectivity index (χ1) is 9.93. The lowest BCUT2D eigenvalue weighted by Crippen LogP contribution is -2.18. The molecule has 0 fully saturated rings. The lowest BCUT2D eigenvalue weighted by Gasteiger charge is -2.19. The van der Waals surface area contributed by atoms with Crippen LogP contribution in [0.25, 0.3) is 0 Å². The highest BCUT2D eigenvalue weighted by Gasteiger charge is 2.14. The van der Waals surface area contributed by atoms with Gasteiger partial charge in [0.15, 0.2) is 0 Å². The summed E-state index contributed by atoms with van der Waals surface area (Å²) in [5.41, 5.74) is 7.57. The van der Waals surface area contributed by atoms with Crippen molar-refractivity contribution in [2.45, 2.75) is 33.1 Å². The Kier molecular flexibility index (Phi) is 7.23. The predicted octanol–water partition coefficient (Wildman–Crippen LogP) is 3.09. The van der Waals surface area contributed by atoms with Crippen LogP contribution in [0.2, 0.25) is 0 Å². The first-order valence-corrected chi connectivity index (χ1v) is 7.71. The van der Waals surface area contributed by atoms with Crippen molar-refractivity contribution in [1.82, 2.24) is 0 Å². The molecule has 1 unspecified atom stereocenters. The van der Waals surface area contributed by atoms with Gasteiger partial charge in [-0.3, -0.25) is 4.79 Å². The molecular weight excluding hydrogens is 262 g/mol. The average Bonchev–Trinajstić information content (AvgIpc) is 2.43. The number of rotatable bonds is 8. The van der Waals surface area contributed by atoms with Gasteiger partial charge in [0.05, 0.1) is 0 Å². The van der Waals surface area contributed by atoms with E-state index in [2.05, 4.69) is 19.2 Å². The Morgan fingerprint density at radius 1 is 1.29 bits per heavy atom. The van der Waals surface area contributed by atoms with Crippen molar-refractivity contribution < 1.29 is 4.79 Å². The minimum Gasteiger partial charge on any atom is -0.378 e. The van der Waals surface area contributed by atoms with Crippen LogP contribution in [0.1, 0.15) is 33.1 Å². The second-order valence-corrected chi connectivity index (χ2v) is 6.11. The van der Waals surface area contributed by atoms with Gasteiger partial charge in [-0.1, -0.05) is 19.9 Å². The highest BCUT2D eigenvalue weighted by molar-refractivity contribution is 5.91. The van der Waals surface area contributed by atoms with Crippen molar-refractivity contribution in [3.8, 4) is 0 Å². The molecule has 0 aliphatic carbocycles. The average molecular weight is 291 g/mol. The zero-order chi connectivity index (χ0) is 15.8. The van der Waals surface area contributed by atoms with E-state index >= 15 is 0 Å². The number of anilines is 2. The molecule has 1 amide bonds. The van der Waals surface area contributed by atoms with Gasteiger partial charge >= 0.3 is 0 Å². The van der Waals surface area contributed by atoms with Gasteiger partial charge < -0.3 is 16.0 Å². The van der Waals surface area contributed by atoms with Gasteiger partial charge in [-0.05, 0) is 49.4 Å². The number of carbonyl (C=O) groups excluding carboxylic acids is 1. The maximum absolute atomic E-state index is 12.1. The fourth-order valence-corrected chi connectivity index (χ4v) is 2.43. The Labute approximate surface area is 128 Å².